The SMILES string of the molecule is c1ccc(-c2c3ccccc3c(-c3cc4ccccc4c4ccccc34)c3cnc4ccccc4c23)cc1. The molecule has 0 aliphatic heterocycles. The van der Waals surface area contributed by atoms with Crippen molar-refractivity contribution in [3.8, 4) is 22.3 Å². The first-order chi connectivity index (χ1) is 18.9. The van der Waals surface area contributed by atoms with E-state index in [1.165, 1.54) is 70.7 Å². The Hall–Kier alpha value is -5.01. The van der Waals surface area contributed by atoms with Crippen molar-refractivity contribution in [2.45, 2.75) is 0 Å². The largest absolute Gasteiger partial charge is 0.256 e. The van der Waals surface area contributed by atoms with Crippen LogP contribution in [0.3, 0.4) is 0 Å². The van der Waals surface area contributed by atoms with Gasteiger partial charge in [-0.15, -0.1) is 0 Å². The first-order valence-electron chi connectivity index (χ1n) is 13.1. The fourth-order valence-electron chi connectivity index (χ4n) is 6.26. The lowest BCUT2D eigenvalue weighted by Crippen LogP contribution is -1.94. The number of benzene rings is 7. The van der Waals surface area contributed by atoms with Gasteiger partial charge in [0, 0.05) is 22.4 Å². The number of nitrogens with zero attached hydrogens (tertiary/aromatic N) is 1. The molecule has 176 valence electrons. The molecule has 8 aromatic rings. The molecule has 0 fully saturated rings. The summed E-state index contributed by atoms with van der Waals surface area (Å²) in [5.74, 6) is 0. The van der Waals surface area contributed by atoms with Gasteiger partial charge in [0.15, 0.2) is 0 Å². The van der Waals surface area contributed by atoms with Crippen LogP contribution in [0.4, 0.5) is 0 Å². The maximum absolute atomic E-state index is 4.98. The van der Waals surface area contributed by atoms with Crippen LogP contribution in [0, 0.1) is 0 Å². The van der Waals surface area contributed by atoms with Crippen molar-refractivity contribution in [3.05, 3.63) is 140 Å². The molecule has 1 heteroatoms. The van der Waals surface area contributed by atoms with E-state index in [1.54, 1.807) is 0 Å². The maximum atomic E-state index is 4.98. The highest BCUT2D eigenvalue weighted by molar-refractivity contribution is 6.29. The molecule has 1 heterocycles. The molecule has 0 spiro atoms. The van der Waals surface area contributed by atoms with Gasteiger partial charge in [-0.05, 0) is 66.7 Å². The number of aromatic nitrogens is 1. The maximum Gasteiger partial charge on any atom is 0.0708 e. The predicted molar refractivity (Wildman–Crippen MR) is 163 cm³/mol. The van der Waals surface area contributed by atoms with Crippen molar-refractivity contribution in [2.75, 3.05) is 0 Å². The normalized spacial score (nSPS) is 11.7. The van der Waals surface area contributed by atoms with Gasteiger partial charge in [0.1, 0.15) is 0 Å². The molecule has 0 atom stereocenters. The van der Waals surface area contributed by atoms with E-state index in [9.17, 15) is 0 Å². The van der Waals surface area contributed by atoms with E-state index in [1.807, 2.05) is 0 Å². The molecule has 0 unspecified atom stereocenters. The van der Waals surface area contributed by atoms with E-state index in [2.05, 4.69) is 140 Å². The summed E-state index contributed by atoms with van der Waals surface area (Å²) in [5.41, 5.74) is 6.00. The molecule has 0 aliphatic carbocycles. The second kappa shape index (κ2) is 8.26. The second-order valence-corrected chi connectivity index (χ2v) is 9.92. The molecule has 1 aromatic heterocycles. The predicted octanol–water partition coefficient (Wildman–Crippen LogP) is 10.2. The summed E-state index contributed by atoms with van der Waals surface area (Å²) in [6, 6.07) is 48.1. The number of hydrogen-bond acceptors (Lipinski definition) is 1. The summed E-state index contributed by atoms with van der Waals surface area (Å²) in [6.07, 6.45) is 2.09. The van der Waals surface area contributed by atoms with Gasteiger partial charge >= 0.3 is 0 Å². The van der Waals surface area contributed by atoms with Gasteiger partial charge in [0.05, 0.1) is 5.52 Å². The molecule has 0 saturated heterocycles. The Kier molecular flexibility index (Phi) is 4.59. The van der Waals surface area contributed by atoms with Crippen LogP contribution in [0.2, 0.25) is 0 Å². The minimum atomic E-state index is 1.02. The van der Waals surface area contributed by atoms with Crippen LogP contribution < -0.4 is 0 Å². The van der Waals surface area contributed by atoms with E-state index in [-0.39, 0.29) is 0 Å². The van der Waals surface area contributed by atoms with Crippen molar-refractivity contribution in [3.63, 3.8) is 0 Å². The molecule has 0 saturated carbocycles. The average molecular weight is 482 g/mol. The highest BCUT2D eigenvalue weighted by Crippen LogP contribution is 2.47. The van der Waals surface area contributed by atoms with Crippen molar-refractivity contribution < 1.29 is 0 Å². The zero-order valence-electron chi connectivity index (χ0n) is 20.7. The van der Waals surface area contributed by atoms with Crippen molar-refractivity contribution >= 4 is 54.0 Å². The molecule has 0 aliphatic rings. The summed E-state index contributed by atoms with van der Waals surface area (Å²) in [6.45, 7) is 0. The van der Waals surface area contributed by atoms with Gasteiger partial charge < -0.3 is 0 Å². The first kappa shape index (κ1) is 21.1. The molecule has 7 aromatic carbocycles. The van der Waals surface area contributed by atoms with Crippen molar-refractivity contribution in [1.82, 2.24) is 4.98 Å². The quantitative estimate of drug-likeness (QED) is 0.177. The summed E-state index contributed by atoms with van der Waals surface area (Å²) < 4.78 is 0. The Bertz CT molecular complexity index is 2170. The molecule has 0 radical (unpaired) electrons. The van der Waals surface area contributed by atoms with Gasteiger partial charge in [-0.2, -0.15) is 0 Å². The van der Waals surface area contributed by atoms with E-state index in [0.29, 0.717) is 0 Å². The zero-order valence-corrected chi connectivity index (χ0v) is 20.7. The molecule has 38 heavy (non-hydrogen) atoms. The summed E-state index contributed by atoms with van der Waals surface area (Å²) in [4.78, 5) is 4.98. The minimum absolute atomic E-state index is 1.02. The Balaban J connectivity index is 1.66. The highest BCUT2D eigenvalue weighted by atomic mass is 14.6. The van der Waals surface area contributed by atoms with Crippen LogP contribution in [0.15, 0.2) is 140 Å². The molecule has 8 rings (SSSR count). The second-order valence-electron chi connectivity index (χ2n) is 9.92. The fourth-order valence-corrected chi connectivity index (χ4v) is 6.26. The smallest absolute Gasteiger partial charge is 0.0708 e. The Morgan fingerprint density at radius 3 is 1.76 bits per heavy atom. The Morgan fingerprint density at radius 2 is 0.974 bits per heavy atom. The summed E-state index contributed by atoms with van der Waals surface area (Å²) in [7, 11) is 0. The third kappa shape index (κ3) is 3.02. The van der Waals surface area contributed by atoms with Crippen molar-refractivity contribution in [1.29, 1.82) is 0 Å². The highest BCUT2D eigenvalue weighted by Gasteiger charge is 2.20. The van der Waals surface area contributed by atoms with E-state index < -0.39 is 0 Å². The lowest BCUT2D eigenvalue weighted by atomic mass is 9.83. The molecular formula is C37H23N. The average Bonchev–Trinajstić information content (AvgIpc) is 3.00. The molecule has 0 bridgehead atoms. The summed E-state index contributed by atoms with van der Waals surface area (Å²) in [5, 5.41) is 11.2. The van der Waals surface area contributed by atoms with Crippen LogP contribution in [-0.4, -0.2) is 4.98 Å². The van der Waals surface area contributed by atoms with Crippen LogP contribution in [0.1, 0.15) is 0 Å². The minimum Gasteiger partial charge on any atom is -0.256 e. The lowest BCUT2D eigenvalue weighted by Gasteiger charge is -2.20. The van der Waals surface area contributed by atoms with Crippen LogP contribution in [-0.2, 0) is 0 Å². The molecular weight excluding hydrogens is 458 g/mol. The molecule has 0 amide bonds. The fraction of sp³-hybridized carbons (Fsp3) is 0. The third-order valence-corrected chi connectivity index (χ3v) is 7.86. The standard InChI is InChI=1S/C37H23N/c1-2-12-24(13-3-1)35-29-18-8-9-19-30(29)36(33-23-38-34-21-11-10-20-31(34)37(33)35)32-22-25-14-4-5-15-26(25)27-16-6-7-17-28(27)32/h1-23H. The van der Waals surface area contributed by atoms with Crippen LogP contribution in [0.25, 0.3) is 76.2 Å². The number of pyridine rings is 1. The first-order valence-corrected chi connectivity index (χ1v) is 13.1. The molecule has 1 nitrogen and oxygen atoms in total. The Morgan fingerprint density at radius 1 is 0.395 bits per heavy atom. The number of hydrogen-bond donors (Lipinski definition) is 0. The molecule has 0 N–H and O–H groups in total. The number of fused-ring (bicyclic) bond motifs is 7. The lowest BCUT2D eigenvalue weighted by molar-refractivity contribution is 1.45. The van der Waals surface area contributed by atoms with Gasteiger partial charge in [0.2, 0.25) is 0 Å². The van der Waals surface area contributed by atoms with Gasteiger partial charge in [-0.3, -0.25) is 4.98 Å². The van der Waals surface area contributed by atoms with Crippen molar-refractivity contribution in [2.24, 2.45) is 0 Å². The van der Waals surface area contributed by atoms with E-state index in [4.69, 9.17) is 4.98 Å². The topological polar surface area (TPSA) is 12.9 Å². The van der Waals surface area contributed by atoms with Gasteiger partial charge in [-0.25, -0.2) is 0 Å². The van der Waals surface area contributed by atoms with E-state index in [0.717, 1.165) is 5.52 Å². The van der Waals surface area contributed by atoms with E-state index >= 15 is 0 Å². The zero-order chi connectivity index (χ0) is 25.1. The van der Waals surface area contributed by atoms with Crippen LogP contribution >= 0.6 is 0 Å². The van der Waals surface area contributed by atoms with Gasteiger partial charge in [0.25, 0.3) is 0 Å². The number of rotatable bonds is 2. The van der Waals surface area contributed by atoms with Crippen LogP contribution in [0.5, 0.6) is 0 Å². The number of para-hydroxylation sites is 1. The Labute approximate surface area is 220 Å². The third-order valence-electron chi connectivity index (χ3n) is 7.86. The summed E-state index contributed by atoms with van der Waals surface area (Å²) >= 11 is 0. The van der Waals surface area contributed by atoms with Gasteiger partial charge in [-0.1, -0.05) is 121 Å². The monoisotopic (exact) mass is 481 g/mol.